The van der Waals surface area contributed by atoms with Crippen molar-refractivity contribution < 1.29 is 9.90 Å². The van der Waals surface area contributed by atoms with Gasteiger partial charge in [0.15, 0.2) is 0 Å². The number of β-amino-alcohol motifs (C(OH)–C–C–N with tert-alkyl or cyclic N) is 1. The molecule has 0 radical (unpaired) electrons. The van der Waals surface area contributed by atoms with Crippen LogP contribution >= 0.6 is 0 Å². The van der Waals surface area contributed by atoms with Gasteiger partial charge in [-0.2, -0.15) is 0 Å². The second kappa shape index (κ2) is 7.88. The lowest BCUT2D eigenvalue weighted by Crippen LogP contribution is -2.36. The number of aliphatic hydroxyl groups excluding tert-OH is 1. The number of carbonyl (C=O) groups excluding carboxylic acids is 1. The van der Waals surface area contributed by atoms with Gasteiger partial charge < -0.3 is 10.0 Å². The van der Waals surface area contributed by atoms with Gasteiger partial charge in [0.1, 0.15) is 0 Å². The van der Waals surface area contributed by atoms with Crippen molar-refractivity contribution in [2.45, 2.75) is 65.9 Å². The molecule has 3 heteroatoms. The van der Waals surface area contributed by atoms with E-state index >= 15 is 0 Å². The van der Waals surface area contributed by atoms with Crippen molar-refractivity contribution in [1.82, 2.24) is 4.90 Å². The largest absolute Gasteiger partial charge is 0.391 e. The Hall–Kier alpha value is -0.570. The van der Waals surface area contributed by atoms with Crippen LogP contribution in [0.1, 0.15) is 59.8 Å². The van der Waals surface area contributed by atoms with Crippen LogP contribution in [-0.4, -0.2) is 35.1 Å². The normalized spacial score (nSPS) is 31.1. The zero-order valence-electron chi connectivity index (χ0n) is 13.1. The maximum Gasteiger partial charge on any atom is 0.225 e. The Kier molecular flexibility index (Phi) is 6.84. The smallest absolute Gasteiger partial charge is 0.225 e. The van der Waals surface area contributed by atoms with E-state index in [4.69, 9.17) is 0 Å². The maximum atomic E-state index is 12.1. The number of carbonyl (C=O) groups is 1. The molecule has 0 aromatic rings. The van der Waals surface area contributed by atoms with Gasteiger partial charge in [-0.25, -0.2) is 0 Å². The molecule has 1 unspecified atom stereocenters. The molecule has 112 valence electrons. The van der Waals surface area contributed by atoms with Gasteiger partial charge in [0.2, 0.25) is 5.91 Å². The summed E-state index contributed by atoms with van der Waals surface area (Å²) in [5, 5.41) is 9.40. The Labute approximate surface area is 118 Å². The monoisotopic (exact) mass is 269 g/mol. The van der Waals surface area contributed by atoms with E-state index in [1.807, 2.05) is 4.90 Å². The van der Waals surface area contributed by atoms with E-state index in [-0.39, 0.29) is 12.0 Å². The van der Waals surface area contributed by atoms with Gasteiger partial charge in [-0.05, 0) is 43.9 Å². The zero-order valence-corrected chi connectivity index (χ0v) is 13.1. The van der Waals surface area contributed by atoms with Gasteiger partial charge in [0.05, 0.1) is 6.10 Å². The van der Waals surface area contributed by atoms with E-state index in [0.717, 1.165) is 37.6 Å². The quantitative estimate of drug-likeness (QED) is 0.795. The molecule has 1 saturated carbocycles. The van der Waals surface area contributed by atoms with Crippen molar-refractivity contribution in [3.63, 3.8) is 0 Å². The fraction of sp³-hybridized carbons (Fsp3) is 0.938. The predicted octanol–water partition coefficient (Wildman–Crippen LogP) is 3.07. The van der Waals surface area contributed by atoms with Gasteiger partial charge >= 0.3 is 0 Å². The highest BCUT2D eigenvalue weighted by Crippen LogP contribution is 2.30. The summed E-state index contributed by atoms with van der Waals surface area (Å²) in [4.78, 5) is 13.9. The number of aliphatic hydroxyl groups is 1. The van der Waals surface area contributed by atoms with E-state index < -0.39 is 0 Å². The van der Waals surface area contributed by atoms with Crippen molar-refractivity contribution in [2.75, 3.05) is 13.1 Å². The molecular weight excluding hydrogens is 238 g/mol. The van der Waals surface area contributed by atoms with E-state index in [1.165, 1.54) is 12.8 Å². The minimum atomic E-state index is -0.281. The SMILES string of the molecule is CC(C)C.CC1CCC(C(=O)N2CCC(O)C2)CC1. The molecule has 1 aliphatic carbocycles. The summed E-state index contributed by atoms with van der Waals surface area (Å²) in [5.74, 6) is 2.16. The molecule has 3 nitrogen and oxygen atoms in total. The van der Waals surface area contributed by atoms with Gasteiger partial charge in [0, 0.05) is 19.0 Å². The van der Waals surface area contributed by atoms with Crippen LogP contribution in [0.15, 0.2) is 0 Å². The average molecular weight is 269 g/mol. The summed E-state index contributed by atoms with van der Waals surface area (Å²) in [6, 6.07) is 0. The second-order valence-electron chi connectivity index (χ2n) is 6.92. The molecule has 0 aromatic carbocycles. The third-order valence-corrected chi connectivity index (χ3v) is 3.84. The Morgan fingerprint density at radius 1 is 1.11 bits per heavy atom. The average Bonchev–Trinajstić information content (AvgIpc) is 2.75. The molecule has 1 saturated heterocycles. The van der Waals surface area contributed by atoms with E-state index in [1.54, 1.807) is 0 Å². The first-order valence-electron chi connectivity index (χ1n) is 7.87. The number of hydrogen-bond acceptors (Lipinski definition) is 2. The molecule has 0 spiro atoms. The molecule has 2 rings (SSSR count). The van der Waals surface area contributed by atoms with Crippen molar-refractivity contribution in [2.24, 2.45) is 17.8 Å². The van der Waals surface area contributed by atoms with Crippen LogP contribution in [0, 0.1) is 17.8 Å². The molecule has 1 heterocycles. The van der Waals surface area contributed by atoms with Crippen molar-refractivity contribution >= 4 is 5.91 Å². The summed E-state index contributed by atoms with van der Waals surface area (Å²) in [6.45, 7) is 10.1. The number of amides is 1. The first-order chi connectivity index (χ1) is 8.90. The first kappa shape index (κ1) is 16.5. The predicted molar refractivity (Wildman–Crippen MR) is 78.8 cm³/mol. The molecule has 2 fully saturated rings. The van der Waals surface area contributed by atoms with E-state index in [9.17, 15) is 9.90 Å². The number of nitrogens with zero attached hydrogens (tertiary/aromatic N) is 1. The van der Waals surface area contributed by atoms with Gasteiger partial charge in [-0.1, -0.05) is 27.7 Å². The van der Waals surface area contributed by atoms with Crippen LogP contribution in [0.3, 0.4) is 0 Å². The molecule has 1 atom stereocenters. The van der Waals surface area contributed by atoms with Crippen LogP contribution in [0.25, 0.3) is 0 Å². The van der Waals surface area contributed by atoms with Crippen LogP contribution in [0.4, 0.5) is 0 Å². The van der Waals surface area contributed by atoms with Crippen LogP contribution < -0.4 is 0 Å². The summed E-state index contributed by atoms with van der Waals surface area (Å²) >= 11 is 0. The fourth-order valence-electron chi connectivity index (χ4n) is 2.71. The zero-order chi connectivity index (χ0) is 14.4. The van der Waals surface area contributed by atoms with E-state index in [2.05, 4.69) is 27.7 Å². The molecule has 19 heavy (non-hydrogen) atoms. The van der Waals surface area contributed by atoms with Crippen molar-refractivity contribution in [3.8, 4) is 0 Å². The molecule has 2 aliphatic rings. The minimum absolute atomic E-state index is 0.242. The lowest BCUT2D eigenvalue weighted by atomic mass is 9.82. The highest BCUT2D eigenvalue weighted by atomic mass is 16.3. The van der Waals surface area contributed by atoms with Crippen molar-refractivity contribution in [3.05, 3.63) is 0 Å². The number of hydrogen-bond donors (Lipinski definition) is 1. The van der Waals surface area contributed by atoms with Gasteiger partial charge in [-0.3, -0.25) is 4.79 Å². The maximum absolute atomic E-state index is 12.1. The Bertz CT molecular complexity index is 267. The van der Waals surface area contributed by atoms with Crippen LogP contribution in [0.2, 0.25) is 0 Å². The third-order valence-electron chi connectivity index (χ3n) is 3.84. The van der Waals surface area contributed by atoms with Crippen molar-refractivity contribution in [1.29, 1.82) is 0 Å². The molecule has 0 aromatic heterocycles. The molecule has 1 amide bonds. The molecule has 1 aliphatic heterocycles. The summed E-state index contributed by atoms with van der Waals surface area (Å²) in [6.07, 6.45) is 4.95. The number of rotatable bonds is 1. The highest BCUT2D eigenvalue weighted by molar-refractivity contribution is 5.79. The molecular formula is C16H31NO2. The number of likely N-dealkylation sites (tertiary alicyclic amines) is 1. The standard InChI is InChI=1S/C12H21NO2.C4H10/c1-9-2-4-10(5-3-9)12(15)13-7-6-11(14)8-13;1-4(2)3/h9-11,14H,2-8H2,1H3;4H,1-3H3. The molecule has 0 bridgehead atoms. The van der Waals surface area contributed by atoms with Gasteiger partial charge in [-0.15, -0.1) is 0 Å². The van der Waals surface area contributed by atoms with Gasteiger partial charge in [0.25, 0.3) is 0 Å². The minimum Gasteiger partial charge on any atom is -0.391 e. The Balaban J connectivity index is 0.000000399. The first-order valence-corrected chi connectivity index (χ1v) is 7.87. The lowest BCUT2D eigenvalue weighted by Gasteiger charge is -2.28. The summed E-state index contributed by atoms with van der Waals surface area (Å²) in [5.41, 5.74) is 0. The van der Waals surface area contributed by atoms with Crippen LogP contribution in [-0.2, 0) is 4.79 Å². The fourth-order valence-corrected chi connectivity index (χ4v) is 2.71. The topological polar surface area (TPSA) is 40.5 Å². The van der Waals surface area contributed by atoms with E-state index in [0.29, 0.717) is 12.5 Å². The summed E-state index contributed by atoms with van der Waals surface area (Å²) in [7, 11) is 0. The Morgan fingerprint density at radius 3 is 2.05 bits per heavy atom. The summed E-state index contributed by atoms with van der Waals surface area (Å²) < 4.78 is 0. The van der Waals surface area contributed by atoms with Crippen LogP contribution in [0.5, 0.6) is 0 Å². The highest BCUT2D eigenvalue weighted by Gasteiger charge is 2.31. The second-order valence-corrected chi connectivity index (χ2v) is 6.92. The third kappa shape index (κ3) is 5.94. The lowest BCUT2D eigenvalue weighted by molar-refractivity contribution is -0.136. The Morgan fingerprint density at radius 2 is 1.63 bits per heavy atom. The molecule has 1 N–H and O–H groups in total.